The number of rotatable bonds is 8. The Balaban J connectivity index is 1.49. The van der Waals surface area contributed by atoms with Gasteiger partial charge in [0.15, 0.2) is 0 Å². The molecule has 0 saturated carbocycles. The van der Waals surface area contributed by atoms with Gasteiger partial charge < -0.3 is 10.1 Å². The first kappa shape index (κ1) is 14.0. The summed E-state index contributed by atoms with van der Waals surface area (Å²) in [6.07, 6.45) is 4.60. The molecule has 0 radical (unpaired) electrons. The lowest BCUT2D eigenvalue weighted by molar-refractivity contribution is 0.313. The van der Waals surface area contributed by atoms with Crippen molar-refractivity contribution < 1.29 is 4.74 Å². The van der Waals surface area contributed by atoms with Crippen LogP contribution in [0.25, 0.3) is 0 Å². The van der Waals surface area contributed by atoms with Crippen LogP contribution in [-0.2, 0) is 6.54 Å². The summed E-state index contributed by atoms with van der Waals surface area (Å²) < 4.78 is 8.50. The average Bonchev–Trinajstić information content (AvgIpc) is 2.93. The predicted molar refractivity (Wildman–Crippen MR) is 77.1 cm³/mol. The van der Waals surface area contributed by atoms with Crippen molar-refractivity contribution in [3.8, 4) is 5.75 Å². The first-order chi connectivity index (χ1) is 9.34. The summed E-state index contributed by atoms with van der Waals surface area (Å²) in [5.41, 5.74) is 0. The number of hydrogen-bond donors (Lipinski definition) is 1. The largest absolute Gasteiger partial charge is 0.492 e. The van der Waals surface area contributed by atoms with Crippen molar-refractivity contribution in [1.29, 1.82) is 0 Å². The molecule has 0 fully saturated rings. The van der Waals surface area contributed by atoms with Gasteiger partial charge in [0.2, 0.25) is 0 Å². The summed E-state index contributed by atoms with van der Waals surface area (Å²) >= 11 is 3.39. The number of hydrogen-bond acceptors (Lipinski definition) is 4. The van der Waals surface area contributed by atoms with Gasteiger partial charge in [-0.3, -0.25) is 4.68 Å². The van der Waals surface area contributed by atoms with Gasteiger partial charge in [-0.15, -0.1) is 5.10 Å². The summed E-state index contributed by atoms with van der Waals surface area (Å²) in [6, 6.07) is 7.85. The Labute approximate surface area is 121 Å². The normalized spacial score (nSPS) is 10.6. The van der Waals surface area contributed by atoms with E-state index in [0.717, 1.165) is 36.3 Å². The topological polar surface area (TPSA) is 52.0 Å². The number of aromatic nitrogens is 3. The highest BCUT2D eigenvalue weighted by atomic mass is 79.9. The van der Waals surface area contributed by atoms with E-state index in [0.29, 0.717) is 6.61 Å². The molecule has 0 spiro atoms. The van der Waals surface area contributed by atoms with E-state index >= 15 is 0 Å². The Kier molecular flexibility index (Phi) is 5.84. The molecule has 6 heteroatoms. The molecule has 2 aromatic rings. The van der Waals surface area contributed by atoms with Crippen molar-refractivity contribution in [2.24, 2.45) is 0 Å². The minimum absolute atomic E-state index is 0.672. The van der Waals surface area contributed by atoms with Gasteiger partial charge in [0.05, 0.1) is 6.20 Å². The second kappa shape index (κ2) is 7.91. The third-order valence-electron chi connectivity index (χ3n) is 2.57. The van der Waals surface area contributed by atoms with Gasteiger partial charge in [-0.25, -0.2) is 0 Å². The van der Waals surface area contributed by atoms with Gasteiger partial charge in [0, 0.05) is 23.8 Å². The predicted octanol–water partition coefficient (Wildman–Crippen LogP) is 2.10. The van der Waals surface area contributed by atoms with Gasteiger partial charge in [-0.05, 0) is 37.2 Å². The van der Waals surface area contributed by atoms with Crippen LogP contribution in [0.15, 0.2) is 41.1 Å². The van der Waals surface area contributed by atoms with Crippen LogP contribution < -0.4 is 10.1 Å². The molecule has 0 atom stereocenters. The fourth-order valence-corrected chi connectivity index (χ4v) is 1.88. The number of nitrogens with one attached hydrogen (secondary N) is 1. The first-order valence-electron chi connectivity index (χ1n) is 6.28. The number of ether oxygens (including phenoxy) is 1. The number of benzene rings is 1. The third kappa shape index (κ3) is 5.40. The molecule has 0 unspecified atom stereocenters. The second-order valence-corrected chi connectivity index (χ2v) is 4.99. The Hall–Kier alpha value is -1.40. The van der Waals surface area contributed by atoms with Crippen LogP contribution in [0.2, 0.25) is 0 Å². The molecule has 1 aromatic carbocycles. The average molecular weight is 325 g/mol. The monoisotopic (exact) mass is 324 g/mol. The minimum atomic E-state index is 0.672. The molecule has 1 heterocycles. The maximum Gasteiger partial charge on any atom is 0.119 e. The van der Waals surface area contributed by atoms with Crippen LogP contribution in [0, 0.1) is 0 Å². The highest BCUT2D eigenvalue weighted by Crippen LogP contribution is 2.15. The zero-order valence-electron chi connectivity index (χ0n) is 10.6. The van der Waals surface area contributed by atoms with Crippen LogP contribution in [0.3, 0.4) is 0 Å². The Morgan fingerprint density at radius 1 is 1.21 bits per heavy atom. The van der Waals surface area contributed by atoms with Gasteiger partial charge >= 0.3 is 0 Å². The summed E-state index contributed by atoms with van der Waals surface area (Å²) in [4.78, 5) is 0. The van der Waals surface area contributed by atoms with E-state index in [1.807, 2.05) is 35.1 Å². The molecular weight excluding hydrogens is 308 g/mol. The van der Waals surface area contributed by atoms with E-state index in [4.69, 9.17) is 4.74 Å². The minimum Gasteiger partial charge on any atom is -0.492 e. The van der Waals surface area contributed by atoms with Crippen molar-refractivity contribution in [1.82, 2.24) is 20.3 Å². The van der Waals surface area contributed by atoms with Crippen LogP contribution in [0.5, 0.6) is 5.75 Å². The number of nitrogens with zero attached hydrogens (tertiary/aromatic N) is 3. The lowest BCUT2D eigenvalue weighted by Crippen LogP contribution is -2.23. The summed E-state index contributed by atoms with van der Waals surface area (Å²) in [7, 11) is 0. The highest BCUT2D eigenvalue weighted by molar-refractivity contribution is 9.10. The maximum atomic E-state index is 5.60. The molecular formula is C13H17BrN4O. The zero-order chi connectivity index (χ0) is 13.3. The van der Waals surface area contributed by atoms with Gasteiger partial charge in [0.25, 0.3) is 0 Å². The van der Waals surface area contributed by atoms with Gasteiger partial charge in [0.1, 0.15) is 12.4 Å². The molecule has 0 aliphatic rings. The fourth-order valence-electron chi connectivity index (χ4n) is 1.61. The lowest BCUT2D eigenvalue weighted by atomic mass is 10.3. The third-order valence-corrected chi connectivity index (χ3v) is 3.10. The number of aryl methyl sites for hydroxylation is 1. The van der Waals surface area contributed by atoms with E-state index in [9.17, 15) is 0 Å². The smallest absolute Gasteiger partial charge is 0.119 e. The van der Waals surface area contributed by atoms with E-state index in [-0.39, 0.29) is 0 Å². The first-order valence-corrected chi connectivity index (χ1v) is 7.07. The summed E-state index contributed by atoms with van der Waals surface area (Å²) in [6.45, 7) is 3.35. The van der Waals surface area contributed by atoms with E-state index in [1.165, 1.54) is 0 Å². The fraction of sp³-hybridized carbons (Fsp3) is 0.385. The van der Waals surface area contributed by atoms with Gasteiger partial charge in [-0.1, -0.05) is 21.1 Å². The molecule has 102 valence electrons. The van der Waals surface area contributed by atoms with Crippen LogP contribution in [-0.4, -0.2) is 34.7 Å². The van der Waals surface area contributed by atoms with Crippen molar-refractivity contribution in [2.75, 3.05) is 19.7 Å². The number of halogens is 1. The molecule has 0 saturated heterocycles. The SMILES string of the molecule is Brc1ccc(OCCNCCCn2ccnn2)cc1. The summed E-state index contributed by atoms with van der Waals surface area (Å²) in [5, 5.41) is 11.0. The molecule has 2 rings (SSSR count). The molecule has 1 N–H and O–H groups in total. The molecule has 0 amide bonds. The van der Waals surface area contributed by atoms with Crippen LogP contribution in [0.4, 0.5) is 0 Å². The molecule has 0 aliphatic carbocycles. The molecule has 0 aliphatic heterocycles. The van der Waals surface area contributed by atoms with Crippen molar-refractivity contribution in [3.05, 3.63) is 41.1 Å². The second-order valence-electron chi connectivity index (χ2n) is 4.07. The Morgan fingerprint density at radius 3 is 2.79 bits per heavy atom. The zero-order valence-corrected chi connectivity index (χ0v) is 12.2. The Morgan fingerprint density at radius 2 is 2.05 bits per heavy atom. The molecule has 0 bridgehead atoms. The molecule has 1 aromatic heterocycles. The van der Waals surface area contributed by atoms with E-state index < -0.39 is 0 Å². The van der Waals surface area contributed by atoms with Gasteiger partial charge in [-0.2, -0.15) is 0 Å². The highest BCUT2D eigenvalue weighted by Gasteiger charge is 1.94. The maximum absolute atomic E-state index is 5.60. The van der Waals surface area contributed by atoms with E-state index in [1.54, 1.807) is 6.20 Å². The van der Waals surface area contributed by atoms with Crippen molar-refractivity contribution in [3.63, 3.8) is 0 Å². The molecule has 19 heavy (non-hydrogen) atoms. The summed E-state index contributed by atoms with van der Waals surface area (Å²) in [5.74, 6) is 0.896. The molecule has 5 nitrogen and oxygen atoms in total. The quantitative estimate of drug-likeness (QED) is 0.755. The standard InChI is InChI=1S/C13H17BrN4O/c14-12-2-4-13(5-3-12)19-11-8-15-6-1-9-18-10-7-16-17-18/h2-5,7,10,15H,1,6,8-9,11H2. The lowest BCUT2D eigenvalue weighted by Gasteiger charge is -2.07. The van der Waals surface area contributed by atoms with Crippen LogP contribution >= 0.6 is 15.9 Å². The van der Waals surface area contributed by atoms with Crippen LogP contribution in [0.1, 0.15) is 6.42 Å². The Bertz CT molecular complexity index is 458. The van der Waals surface area contributed by atoms with E-state index in [2.05, 4.69) is 31.6 Å². The van der Waals surface area contributed by atoms with Crippen molar-refractivity contribution in [2.45, 2.75) is 13.0 Å². The van der Waals surface area contributed by atoms with Crippen molar-refractivity contribution >= 4 is 15.9 Å².